The van der Waals surface area contributed by atoms with Gasteiger partial charge in [-0.15, -0.1) is 0 Å². The fourth-order valence-corrected chi connectivity index (χ4v) is 5.78. The standard InChI is InChI=1S/C26H25NO6S/c1-4-33-26(29)23-21-7-5-6-8-22(21)25(28)27(24(23)18-11-13-19(32-3)14-12-18)34(30,31)20-15-9-17(2)10-16-20/h5-16,23-24H,4H2,1-3H3. The molecule has 0 aromatic heterocycles. The fourth-order valence-electron chi connectivity index (χ4n) is 4.21. The zero-order valence-corrected chi connectivity index (χ0v) is 19.9. The number of fused-ring (bicyclic) bond motifs is 1. The van der Waals surface area contributed by atoms with Crippen LogP contribution in [0.25, 0.3) is 0 Å². The molecule has 0 aliphatic carbocycles. The summed E-state index contributed by atoms with van der Waals surface area (Å²) in [5.74, 6) is -1.78. The third kappa shape index (κ3) is 4.05. The first-order valence-electron chi connectivity index (χ1n) is 10.8. The molecule has 1 heterocycles. The Bertz CT molecular complexity index is 1320. The zero-order chi connectivity index (χ0) is 24.5. The SMILES string of the molecule is CCOC(=O)C1c2ccccc2C(=O)N(S(=O)(=O)c2ccc(C)cc2)C1c1ccc(OC)cc1. The van der Waals surface area contributed by atoms with Crippen LogP contribution in [0.4, 0.5) is 0 Å². The van der Waals surface area contributed by atoms with Gasteiger partial charge in [0, 0.05) is 5.56 Å². The van der Waals surface area contributed by atoms with Crippen molar-refractivity contribution in [2.75, 3.05) is 13.7 Å². The van der Waals surface area contributed by atoms with Gasteiger partial charge in [0.1, 0.15) is 11.7 Å². The monoisotopic (exact) mass is 479 g/mol. The first kappa shape index (κ1) is 23.5. The molecule has 0 saturated heterocycles. The molecule has 2 atom stereocenters. The summed E-state index contributed by atoms with van der Waals surface area (Å²) in [4.78, 5) is 26.9. The van der Waals surface area contributed by atoms with Crippen LogP contribution in [-0.2, 0) is 19.6 Å². The van der Waals surface area contributed by atoms with Crippen LogP contribution in [0.5, 0.6) is 5.75 Å². The zero-order valence-electron chi connectivity index (χ0n) is 19.1. The van der Waals surface area contributed by atoms with Crippen molar-refractivity contribution in [2.24, 2.45) is 0 Å². The Morgan fingerprint density at radius 2 is 1.62 bits per heavy atom. The number of sulfonamides is 1. The Balaban J connectivity index is 1.99. The number of esters is 1. The highest BCUT2D eigenvalue weighted by molar-refractivity contribution is 7.89. The van der Waals surface area contributed by atoms with E-state index in [1.54, 1.807) is 61.5 Å². The molecule has 0 fully saturated rings. The average Bonchev–Trinajstić information content (AvgIpc) is 2.84. The number of amides is 1. The van der Waals surface area contributed by atoms with Gasteiger partial charge in [0.2, 0.25) is 0 Å². The van der Waals surface area contributed by atoms with Gasteiger partial charge in [0.15, 0.2) is 0 Å². The molecule has 0 bridgehead atoms. The number of carbonyl (C=O) groups excluding carboxylic acids is 2. The molecule has 0 radical (unpaired) electrons. The fraction of sp³-hybridized carbons (Fsp3) is 0.231. The lowest BCUT2D eigenvalue weighted by Gasteiger charge is -2.40. The Labute approximate surface area is 199 Å². The number of carbonyl (C=O) groups is 2. The van der Waals surface area contributed by atoms with Crippen molar-refractivity contribution in [3.05, 3.63) is 95.1 Å². The second-order valence-electron chi connectivity index (χ2n) is 7.95. The number of benzene rings is 3. The number of rotatable bonds is 6. The summed E-state index contributed by atoms with van der Waals surface area (Å²) in [6.07, 6.45) is 0. The highest BCUT2D eigenvalue weighted by Gasteiger charge is 2.50. The van der Waals surface area contributed by atoms with E-state index in [-0.39, 0.29) is 17.1 Å². The predicted octanol–water partition coefficient (Wildman–Crippen LogP) is 4.24. The van der Waals surface area contributed by atoms with Crippen LogP contribution in [0.15, 0.2) is 77.7 Å². The highest BCUT2D eigenvalue weighted by atomic mass is 32.2. The molecule has 176 valence electrons. The van der Waals surface area contributed by atoms with E-state index >= 15 is 0 Å². The molecule has 2 unspecified atom stereocenters. The van der Waals surface area contributed by atoms with Crippen LogP contribution in [0.1, 0.15) is 45.9 Å². The molecule has 1 amide bonds. The number of hydrogen-bond donors (Lipinski definition) is 0. The second-order valence-corrected chi connectivity index (χ2v) is 9.77. The summed E-state index contributed by atoms with van der Waals surface area (Å²) in [7, 11) is -2.80. The Morgan fingerprint density at radius 1 is 0.971 bits per heavy atom. The van der Waals surface area contributed by atoms with Gasteiger partial charge in [-0.25, -0.2) is 12.7 Å². The van der Waals surface area contributed by atoms with Crippen molar-refractivity contribution < 1.29 is 27.5 Å². The van der Waals surface area contributed by atoms with Crippen LogP contribution < -0.4 is 4.74 Å². The number of methoxy groups -OCH3 is 1. The summed E-state index contributed by atoms with van der Waals surface area (Å²) in [5, 5.41) is 0. The molecule has 1 aliphatic rings. The van der Waals surface area contributed by atoms with Crippen molar-refractivity contribution in [2.45, 2.75) is 30.7 Å². The normalized spacial score (nSPS) is 17.7. The third-order valence-corrected chi connectivity index (χ3v) is 7.65. The van der Waals surface area contributed by atoms with Crippen molar-refractivity contribution in [3.63, 3.8) is 0 Å². The van der Waals surface area contributed by atoms with E-state index in [9.17, 15) is 18.0 Å². The molecular formula is C26H25NO6S. The molecule has 8 heteroatoms. The topological polar surface area (TPSA) is 90.0 Å². The minimum Gasteiger partial charge on any atom is -0.497 e. The van der Waals surface area contributed by atoms with Crippen molar-refractivity contribution >= 4 is 21.9 Å². The van der Waals surface area contributed by atoms with E-state index in [1.165, 1.54) is 25.3 Å². The summed E-state index contributed by atoms with van der Waals surface area (Å²) in [6.45, 7) is 3.64. The third-order valence-electron chi connectivity index (χ3n) is 5.87. The van der Waals surface area contributed by atoms with E-state index < -0.39 is 33.9 Å². The minimum atomic E-state index is -4.32. The molecule has 0 spiro atoms. The lowest BCUT2D eigenvalue weighted by molar-refractivity contribution is -0.146. The summed E-state index contributed by atoms with van der Waals surface area (Å²) >= 11 is 0. The highest BCUT2D eigenvalue weighted by Crippen LogP contribution is 2.46. The Hall–Kier alpha value is -3.65. The maximum Gasteiger partial charge on any atom is 0.315 e. The van der Waals surface area contributed by atoms with Gasteiger partial charge >= 0.3 is 5.97 Å². The first-order valence-corrected chi connectivity index (χ1v) is 12.3. The van der Waals surface area contributed by atoms with Gasteiger partial charge < -0.3 is 9.47 Å². The Kier molecular flexibility index (Phi) is 6.43. The minimum absolute atomic E-state index is 0.0352. The van der Waals surface area contributed by atoms with Gasteiger partial charge in [0.25, 0.3) is 15.9 Å². The van der Waals surface area contributed by atoms with Gasteiger partial charge in [-0.3, -0.25) is 9.59 Å². The summed E-state index contributed by atoms with van der Waals surface area (Å²) < 4.78 is 39.2. The number of nitrogens with zero attached hydrogens (tertiary/aromatic N) is 1. The van der Waals surface area contributed by atoms with Crippen molar-refractivity contribution in [3.8, 4) is 5.75 Å². The van der Waals surface area contributed by atoms with Crippen LogP contribution in [0, 0.1) is 6.92 Å². The summed E-state index contributed by atoms with van der Waals surface area (Å²) in [5.41, 5.74) is 1.94. The number of ether oxygens (including phenoxy) is 2. The predicted molar refractivity (Wildman–Crippen MR) is 126 cm³/mol. The maximum atomic E-state index is 13.9. The largest absolute Gasteiger partial charge is 0.497 e. The molecule has 3 aromatic rings. The van der Waals surface area contributed by atoms with Crippen molar-refractivity contribution in [1.82, 2.24) is 4.31 Å². The molecule has 0 saturated carbocycles. The van der Waals surface area contributed by atoms with Gasteiger partial charge in [-0.2, -0.15) is 0 Å². The molecule has 3 aromatic carbocycles. The second kappa shape index (κ2) is 9.30. The molecule has 1 aliphatic heterocycles. The van der Waals surface area contributed by atoms with Gasteiger partial charge in [-0.1, -0.05) is 48.0 Å². The van der Waals surface area contributed by atoms with E-state index in [4.69, 9.17) is 9.47 Å². The van der Waals surface area contributed by atoms with Crippen LogP contribution in [0.2, 0.25) is 0 Å². The number of aryl methyl sites for hydroxylation is 1. The van der Waals surface area contributed by atoms with Crippen LogP contribution in [-0.4, -0.2) is 38.3 Å². The average molecular weight is 480 g/mol. The van der Waals surface area contributed by atoms with Crippen molar-refractivity contribution in [1.29, 1.82) is 0 Å². The van der Waals surface area contributed by atoms with E-state index in [1.807, 2.05) is 6.92 Å². The van der Waals surface area contributed by atoms with E-state index in [0.717, 1.165) is 9.87 Å². The molecule has 34 heavy (non-hydrogen) atoms. The molecule has 7 nitrogen and oxygen atoms in total. The lowest BCUT2D eigenvalue weighted by atomic mass is 9.81. The molecular weight excluding hydrogens is 454 g/mol. The first-order chi connectivity index (χ1) is 16.3. The summed E-state index contributed by atoms with van der Waals surface area (Å²) in [6, 6.07) is 18.3. The van der Waals surface area contributed by atoms with Crippen LogP contribution in [0.3, 0.4) is 0 Å². The smallest absolute Gasteiger partial charge is 0.315 e. The quantitative estimate of drug-likeness (QED) is 0.492. The maximum absolute atomic E-state index is 13.9. The van der Waals surface area contributed by atoms with Gasteiger partial charge in [-0.05, 0) is 55.3 Å². The van der Waals surface area contributed by atoms with E-state index in [0.29, 0.717) is 16.9 Å². The Morgan fingerprint density at radius 3 is 2.24 bits per heavy atom. The molecule has 0 N–H and O–H groups in total. The molecule has 4 rings (SSSR count). The number of hydrogen-bond acceptors (Lipinski definition) is 6. The van der Waals surface area contributed by atoms with Gasteiger partial charge in [0.05, 0.1) is 24.7 Å². The lowest BCUT2D eigenvalue weighted by Crippen LogP contribution is -2.48. The van der Waals surface area contributed by atoms with E-state index in [2.05, 4.69) is 0 Å². The van der Waals surface area contributed by atoms with Crippen LogP contribution >= 0.6 is 0 Å².